The summed E-state index contributed by atoms with van der Waals surface area (Å²) in [5, 5.41) is 0. The molecular weight excluding hydrogens is 396 g/mol. The highest BCUT2D eigenvalue weighted by Crippen LogP contribution is 2.34. The highest BCUT2D eigenvalue weighted by atomic mass is 28.4. The first kappa shape index (κ1) is 27.9. The van der Waals surface area contributed by atoms with Gasteiger partial charge in [-0.3, -0.25) is 4.79 Å². The minimum absolute atomic E-state index is 0.210. The van der Waals surface area contributed by atoms with Crippen molar-refractivity contribution in [1.29, 1.82) is 0 Å². The fraction of sp³-hybridized carbons (Fsp3) is 0.947. The average molecular weight is 439 g/mol. The molecular formula is C19H42O7Si2. The van der Waals surface area contributed by atoms with Crippen LogP contribution < -0.4 is 0 Å². The lowest BCUT2D eigenvalue weighted by Crippen LogP contribution is -2.47. The summed E-state index contributed by atoms with van der Waals surface area (Å²) in [6.45, 7) is 4.21. The van der Waals surface area contributed by atoms with Crippen molar-refractivity contribution >= 4 is 23.4 Å². The zero-order chi connectivity index (χ0) is 21.6. The van der Waals surface area contributed by atoms with E-state index in [1.54, 1.807) is 42.7 Å². The molecule has 0 bridgehead atoms. The molecule has 0 rings (SSSR count). The second-order valence-corrected chi connectivity index (χ2v) is 13.5. The Morgan fingerprint density at radius 3 is 1.14 bits per heavy atom. The van der Waals surface area contributed by atoms with E-state index in [1.807, 2.05) is 0 Å². The Bertz CT molecular complexity index is 363. The van der Waals surface area contributed by atoms with Crippen LogP contribution in [-0.4, -0.2) is 66.1 Å². The maximum absolute atomic E-state index is 12.3. The van der Waals surface area contributed by atoms with Crippen LogP contribution in [0.4, 0.5) is 0 Å². The lowest BCUT2D eigenvalue weighted by atomic mass is 10.0. The summed E-state index contributed by atoms with van der Waals surface area (Å²) in [7, 11) is 4.54. The molecule has 0 aliphatic heterocycles. The van der Waals surface area contributed by atoms with Crippen molar-refractivity contribution in [3.05, 3.63) is 0 Å². The number of ketones is 1. The van der Waals surface area contributed by atoms with Gasteiger partial charge in [-0.05, 0) is 38.5 Å². The Kier molecular flexibility index (Phi) is 14.7. The van der Waals surface area contributed by atoms with Crippen LogP contribution in [0.3, 0.4) is 0 Å². The van der Waals surface area contributed by atoms with Gasteiger partial charge in [0.15, 0.2) is 0 Å². The summed E-state index contributed by atoms with van der Waals surface area (Å²) in [6.07, 6.45) is 6.37. The first-order valence-electron chi connectivity index (χ1n) is 10.2. The minimum atomic E-state index is -2.65. The third kappa shape index (κ3) is 7.60. The van der Waals surface area contributed by atoms with Crippen molar-refractivity contribution in [3.8, 4) is 0 Å². The van der Waals surface area contributed by atoms with Crippen LogP contribution in [-0.2, 0) is 31.4 Å². The normalized spacial score (nSPS) is 14.9. The van der Waals surface area contributed by atoms with Crippen LogP contribution in [0.2, 0.25) is 11.1 Å². The predicted octanol–water partition coefficient (Wildman–Crippen LogP) is 4.21. The number of carbonyl (C=O) groups excluding carboxylic acids is 1. The summed E-state index contributed by atoms with van der Waals surface area (Å²) >= 11 is 0. The molecule has 0 saturated carbocycles. The Balaban J connectivity index is 4.46. The first-order chi connectivity index (χ1) is 13.4. The standard InChI is InChI=1S/C19H42O7Si2/c1-9-18(27(21-3,22-4)23-5)15-11-13-17(20)14-12-16-19(10-2)28(24-6,25-7)26-8/h18-19H,9-16H2,1-8H3. The third-order valence-corrected chi connectivity index (χ3v) is 12.5. The molecule has 0 N–H and O–H groups in total. The van der Waals surface area contributed by atoms with Crippen LogP contribution >= 0.6 is 0 Å². The van der Waals surface area contributed by atoms with Crippen LogP contribution in [0.15, 0.2) is 0 Å². The maximum Gasteiger partial charge on any atom is 0.503 e. The molecule has 28 heavy (non-hydrogen) atoms. The molecule has 0 heterocycles. The van der Waals surface area contributed by atoms with Gasteiger partial charge in [0.05, 0.1) is 0 Å². The second-order valence-electron chi connectivity index (χ2n) is 6.97. The van der Waals surface area contributed by atoms with E-state index >= 15 is 0 Å². The zero-order valence-corrected chi connectivity index (χ0v) is 21.2. The number of rotatable bonds is 18. The molecule has 0 spiro atoms. The molecule has 0 aromatic carbocycles. The van der Waals surface area contributed by atoms with E-state index in [4.69, 9.17) is 26.6 Å². The molecule has 2 atom stereocenters. The smallest absolute Gasteiger partial charge is 0.377 e. The van der Waals surface area contributed by atoms with E-state index in [-0.39, 0.29) is 11.1 Å². The molecule has 0 aromatic rings. The molecule has 0 saturated heterocycles. The SMILES string of the molecule is CCC(CCCC(=O)CCCC(CC)[Si](OC)(OC)OC)[Si](OC)(OC)OC. The molecule has 0 aliphatic rings. The van der Waals surface area contributed by atoms with E-state index in [2.05, 4.69) is 13.8 Å². The third-order valence-electron chi connectivity index (χ3n) is 5.71. The van der Waals surface area contributed by atoms with Crippen LogP contribution in [0.25, 0.3) is 0 Å². The van der Waals surface area contributed by atoms with E-state index in [1.165, 1.54) is 0 Å². The molecule has 9 heteroatoms. The van der Waals surface area contributed by atoms with Crippen molar-refractivity contribution in [1.82, 2.24) is 0 Å². The van der Waals surface area contributed by atoms with Gasteiger partial charge in [0.25, 0.3) is 0 Å². The minimum Gasteiger partial charge on any atom is -0.377 e. The molecule has 0 fully saturated rings. The monoisotopic (exact) mass is 438 g/mol. The molecule has 0 aromatic heterocycles. The summed E-state index contributed by atoms with van der Waals surface area (Å²) < 4.78 is 33.6. The Morgan fingerprint density at radius 1 is 0.643 bits per heavy atom. The van der Waals surface area contributed by atoms with Crippen LogP contribution in [0.1, 0.15) is 65.2 Å². The van der Waals surface area contributed by atoms with Crippen molar-refractivity contribution in [3.63, 3.8) is 0 Å². The summed E-state index contributed by atoms with van der Waals surface area (Å²) in [6, 6.07) is 0. The Morgan fingerprint density at radius 2 is 0.929 bits per heavy atom. The summed E-state index contributed by atoms with van der Waals surface area (Å²) in [5.41, 5.74) is 0.419. The quantitative estimate of drug-likeness (QED) is 0.297. The van der Waals surface area contributed by atoms with Crippen molar-refractivity contribution in [2.24, 2.45) is 0 Å². The van der Waals surface area contributed by atoms with Crippen LogP contribution in [0.5, 0.6) is 0 Å². The van der Waals surface area contributed by atoms with Gasteiger partial charge in [-0.2, -0.15) is 0 Å². The fourth-order valence-electron chi connectivity index (χ4n) is 3.98. The van der Waals surface area contributed by atoms with Crippen molar-refractivity contribution in [2.45, 2.75) is 76.3 Å². The molecule has 0 amide bonds. The van der Waals surface area contributed by atoms with Gasteiger partial charge in [-0.25, -0.2) is 0 Å². The lowest BCUT2D eigenvalue weighted by molar-refractivity contribution is -0.119. The van der Waals surface area contributed by atoms with Crippen molar-refractivity contribution < 1.29 is 31.4 Å². The highest BCUT2D eigenvalue weighted by molar-refractivity contribution is 6.62. The number of carbonyl (C=O) groups is 1. The Hall–Kier alpha value is -0.136. The number of hydrogen-bond acceptors (Lipinski definition) is 7. The van der Waals surface area contributed by atoms with Gasteiger partial charge in [0.1, 0.15) is 5.78 Å². The molecule has 0 aliphatic carbocycles. The Labute approximate surface area is 174 Å². The van der Waals surface area contributed by atoms with Gasteiger partial charge < -0.3 is 26.6 Å². The summed E-state index contributed by atoms with van der Waals surface area (Å²) in [4.78, 5) is 12.3. The molecule has 7 nitrogen and oxygen atoms in total. The largest absolute Gasteiger partial charge is 0.503 e. The van der Waals surface area contributed by atoms with E-state index < -0.39 is 17.6 Å². The van der Waals surface area contributed by atoms with Crippen molar-refractivity contribution in [2.75, 3.05) is 42.7 Å². The fourth-order valence-corrected chi connectivity index (χ4v) is 9.09. The highest BCUT2D eigenvalue weighted by Gasteiger charge is 2.46. The molecule has 2 unspecified atom stereocenters. The van der Waals surface area contributed by atoms with Gasteiger partial charge in [-0.1, -0.05) is 13.8 Å². The lowest BCUT2D eigenvalue weighted by Gasteiger charge is -2.32. The van der Waals surface area contributed by atoms with Gasteiger partial charge in [-0.15, -0.1) is 0 Å². The molecule has 0 radical (unpaired) electrons. The predicted molar refractivity (Wildman–Crippen MR) is 114 cm³/mol. The second kappa shape index (κ2) is 14.8. The van der Waals surface area contributed by atoms with E-state index in [0.29, 0.717) is 18.6 Å². The van der Waals surface area contributed by atoms with Gasteiger partial charge >= 0.3 is 17.6 Å². The van der Waals surface area contributed by atoms with E-state index in [9.17, 15) is 4.79 Å². The van der Waals surface area contributed by atoms with Gasteiger partial charge in [0, 0.05) is 66.6 Å². The average Bonchev–Trinajstić information content (AvgIpc) is 2.73. The topological polar surface area (TPSA) is 72.5 Å². The first-order valence-corrected chi connectivity index (χ1v) is 13.8. The molecule has 168 valence electrons. The van der Waals surface area contributed by atoms with Crippen LogP contribution in [0, 0.1) is 0 Å². The zero-order valence-electron chi connectivity index (χ0n) is 19.2. The van der Waals surface area contributed by atoms with E-state index in [0.717, 1.165) is 38.5 Å². The summed E-state index contributed by atoms with van der Waals surface area (Å²) in [5.74, 6) is 0.295. The van der Waals surface area contributed by atoms with Gasteiger partial charge in [0.2, 0.25) is 0 Å². The maximum atomic E-state index is 12.3. The number of hydrogen-bond donors (Lipinski definition) is 0. The number of Topliss-reactive ketones (excluding diaryl/α,β-unsaturated/α-hetero) is 1.